The van der Waals surface area contributed by atoms with Crippen LogP contribution in [0.4, 0.5) is 14.5 Å². The second kappa shape index (κ2) is 82.8. The predicted octanol–water partition coefficient (Wildman–Crippen LogP) is 45.9. The highest BCUT2D eigenvalue weighted by Gasteiger charge is 2.08. The molecule has 0 atom stereocenters. The van der Waals surface area contributed by atoms with Crippen LogP contribution >= 0.6 is 369 Å². The van der Waals surface area contributed by atoms with Gasteiger partial charge in [0.15, 0.2) is 0 Å². The van der Waals surface area contributed by atoms with E-state index >= 15 is 0 Å². The molecule has 19 rings (SSSR count). The smallest absolute Gasteiger partial charge is 0.282 e. The van der Waals surface area contributed by atoms with Crippen molar-refractivity contribution in [3.8, 4) is 11.5 Å². The molecule has 0 spiro atoms. The Bertz CT molecular complexity index is 5980. The van der Waals surface area contributed by atoms with Gasteiger partial charge < -0.3 is 9.47 Å². The van der Waals surface area contributed by atoms with E-state index in [0.717, 1.165) is 50.9 Å². The maximum absolute atomic E-state index is 12.1. The molecule has 0 heterocycles. The van der Waals surface area contributed by atoms with Crippen LogP contribution in [0.2, 0.25) is 0 Å². The average Bonchev–Trinajstić information content (AvgIpc) is 0.842. The maximum atomic E-state index is 12.1. The third-order valence-electron chi connectivity index (χ3n) is 17.4. The van der Waals surface area contributed by atoms with Gasteiger partial charge in [0.1, 0.15) is 23.1 Å². The third-order valence-corrected chi connectivity index (χ3v) is 30.5. The van der Waals surface area contributed by atoms with Gasteiger partial charge in [-0.15, -0.1) is 0 Å². The van der Waals surface area contributed by atoms with Gasteiger partial charge in [-0.2, -0.15) is 0 Å². The lowest BCUT2D eigenvalue weighted by molar-refractivity contribution is -0.385. The number of nitrogens with zero attached hydrogens (tertiary/aromatic N) is 1. The molecule has 0 bridgehead atoms. The Morgan fingerprint density at radius 2 is 0.514 bits per heavy atom. The van der Waals surface area contributed by atoms with E-state index in [1.807, 2.05) is 199 Å². The highest BCUT2D eigenvalue weighted by molar-refractivity contribution is 14.1. The molecule has 0 saturated carbocycles. The van der Waals surface area contributed by atoms with Crippen molar-refractivity contribution in [2.24, 2.45) is 0 Å². The molecule has 0 radical (unpaired) electrons. The summed E-state index contributed by atoms with van der Waals surface area (Å²) in [5.41, 5.74) is 8.05. The number of benzene rings is 19. The fourth-order valence-corrected chi connectivity index (χ4v) is 19.1. The normalized spacial score (nSPS) is 9.34. The molecular formula is C118H100Br9F2I10NO4. The van der Waals surface area contributed by atoms with Crippen molar-refractivity contribution < 1.29 is 23.2 Å². The zero-order valence-corrected chi connectivity index (χ0v) is 115. The van der Waals surface area contributed by atoms with Gasteiger partial charge in [0.2, 0.25) is 0 Å². The van der Waals surface area contributed by atoms with Crippen LogP contribution in [0.15, 0.2) is 501 Å². The number of para-hydroxylation sites is 1. The van der Waals surface area contributed by atoms with E-state index in [9.17, 15) is 18.9 Å². The Kier molecular flexibility index (Phi) is 77.2. The lowest BCUT2D eigenvalue weighted by Crippen LogP contribution is -1.89. The molecule has 5 nitrogen and oxygen atoms in total. The molecule has 0 fully saturated rings. The number of hydrogen-bond acceptors (Lipinski definition) is 4. The molecule has 0 aromatic heterocycles. The van der Waals surface area contributed by atoms with Gasteiger partial charge in [0.25, 0.3) is 5.69 Å². The Balaban J connectivity index is 0.000000394. The second-order valence-electron chi connectivity index (χ2n) is 29.0. The first-order chi connectivity index (χ1) is 68.8. The SMILES string of the molecule is Brc1cccc(I)c1.Brc1cccc(I)c1.Brc1cccc2ccccc12.Brc1ccccc1.COc1ccc(Br)cc1.COc1ccc(I)cc1.Cc1ccc(Br)cc1.Cc1ccc(I)cc1.Cc1cccc(Br)c1.Cc1cccc(I)c1.Cc1ccccc1Br.Cc1ccccc1I.Fc1ccc(Br)cc1.Fc1ccc(I)cc1.Ic1cccc2ccccc12.Ic1ccccc1.O=[N+]([O-])c1ccccc1I. The van der Waals surface area contributed by atoms with Gasteiger partial charge in [-0.1, -0.05) is 384 Å². The van der Waals surface area contributed by atoms with Gasteiger partial charge >= 0.3 is 0 Å². The number of hydrogen-bond donors (Lipinski definition) is 0. The van der Waals surface area contributed by atoms with Gasteiger partial charge in [-0.05, 0) is 537 Å². The molecular weight excluding hydrogens is 3520 g/mol. The van der Waals surface area contributed by atoms with Crippen molar-refractivity contribution in [2.45, 2.75) is 41.5 Å². The Morgan fingerprint density at radius 1 is 0.229 bits per heavy atom. The quantitative estimate of drug-likeness (QED) is 0.100. The van der Waals surface area contributed by atoms with E-state index in [1.54, 1.807) is 56.7 Å². The molecule has 0 saturated heterocycles. The van der Waals surface area contributed by atoms with Crippen LogP contribution in [0, 0.1) is 99.0 Å². The zero-order valence-electron chi connectivity index (χ0n) is 78.9. The maximum Gasteiger partial charge on any atom is 0.282 e. The summed E-state index contributed by atoms with van der Waals surface area (Å²) in [5.74, 6) is 1.42. The van der Waals surface area contributed by atoms with Crippen molar-refractivity contribution in [1.82, 2.24) is 0 Å². The van der Waals surface area contributed by atoms with E-state index in [2.05, 4.69) is 601 Å². The summed E-state index contributed by atoms with van der Waals surface area (Å²) in [6, 6.07) is 150. The van der Waals surface area contributed by atoms with Crippen molar-refractivity contribution >= 4 is 397 Å². The minimum Gasteiger partial charge on any atom is -0.497 e. The Labute approximate surface area is 1060 Å². The van der Waals surface area contributed by atoms with Gasteiger partial charge in [0, 0.05) is 78.5 Å². The van der Waals surface area contributed by atoms with Crippen LogP contribution < -0.4 is 9.47 Å². The average molecular weight is 3620 g/mol. The Hall–Kier alpha value is -3.82. The van der Waals surface area contributed by atoms with E-state index in [0.29, 0.717) is 3.57 Å². The number of ether oxygens (including phenoxy) is 2. The number of nitro benzene ring substituents is 1. The molecule has 26 heteroatoms. The first-order valence-corrected chi connectivity index (χ1v) is 60.9. The summed E-state index contributed by atoms with van der Waals surface area (Å²) in [6.45, 7) is 12.5. The topological polar surface area (TPSA) is 61.6 Å². The van der Waals surface area contributed by atoms with Crippen LogP contribution in [-0.2, 0) is 0 Å². The van der Waals surface area contributed by atoms with E-state index in [1.165, 1.54) is 118 Å². The fraction of sp³-hybridized carbons (Fsp3) is 0.0678. The number of fused-ring (bicyclic) bond motifs is 2. The summed E-state index contributed by atoms with van der Waals surface area (Å²) in [4.78, 5) is 9.84. The second-order valence-corrected chi connectivity index (χ2v) is 49.3. The largest absolute Gasteiger partial charge is 0.497 e. The zero-order chi connectivity index (χ0) is 106. The van der Waals surface area contributed by atoms with Crippen molar-refractivity contribution in [3.63, 3.8) is 0 Å². The minimum absolute atomic E-state index is 0.170. The summed E-state index contributed by atoms with van der Waals surface area (Å²) in [7, 11) is 3.32. The molecule has 0 aliphatic rings. The summed E-state index contributed by atoms with van der Waals surface area (Å²) < 4.78 is 56.1. The van der Waals surface area contributed by atoms with Gasteiger partial charge in [-0.25, -0.2) is 8.78 Å². The number of rotatable bonds is 3. The summed E-state index contributed by atoms with van der Waals surface area (Å²) >= 11 is 52.6. The van der Waals surface area contributed by atoms with Crippen LogP contribution in [0.3, 0.4) is 0 Å². The van der Waals surface area contributed by atoms with Crippen molar-refractivity contribution in [2.75, 3.05) is 14.2 Å². The molecule has 0 amide bonds. The fourth-order valence-electron chi connectivity index (χ4n) is 10.1. The van der Waals surface area contributed by atoms with Gasteiger partial charge in [-0.3, -0.25) is 10.1 Å². The molecule has 0 N–H and O–H groups in total. The Morgan fingerprint density at radius 3 is 0.819 bits per heavy atom. The van der Waals surface area contributed by atoms with E-state index in [-0.39, 0.29) is 22.2 Å². The van der Waals surface area contributed by atoms with Crippen LogP contribution in [-0.4, -0.2) is 19.1 Å². The third kappa shape index (κ3) is 68.3. The number of methoxy groups -OCH3 is 2. The molecule has 0 aliphatic carbocycles. The highest BCUT2D eigenvalue weighted by atomic mass is 127. The number of aryl methyl sites for hydroxylation is 6. The molecule has 0 aliphatic heterocycles. The van der Waals surface area contributed by atoms with Crippen LogP contribution in [0.25, 0.3) is 21.5 Å². The molecule has 0 unspecified atom stereocenters. The van der Waals surface area contributed by atoms with E-state index < -0.39 is 0 Å². The van der Waals surface area contributed by atoms with Gasteiger partial charge in [0.05, 0.1) is 22.7 Å². The lowest BCUT2D eigenvalue weighted by Gasteiger charge is -1.97. The predicted molar refractivity (Wildman–Crippen MR) is 729 cm³/mol. The minimum atomic E-state index is -0.387. The summed E-state index contributed by atoms with van der Waals surface area (Å²) in [5, 5.41) is 15.4. The standard InChI is InChI=1S/C10H7Br.C10H7I.C7H7BrO.3C7H7Br.C7H7IO.3C7H7I.C6H4BrF.2C6H4BrI.C6H5Br.C6H4FI.C6H4INO2.C6H5I/c2*11-10-7-3-5-8-4-1-2-6-9(8)10;1-9-7-4-2-6(8)3-5-7;1-6-2-4-7(8)5-3-6;1-6-3-2-4-7(8)5-6;1-6-4-2-3-5-7(6)8;1-9-7-4-2-6(8)3-5-7;1-6-2-4-7(8)5-3-6;1-6-3-2-4-7(8)5-6;1-6-4-2-3-5-7(6)8;7-5-1-3-6(8)4-2-5;2*7-5-2-1-3-6(8)4-5;7-6-4-2-1-3-5-6;7-5-1-3-6(8)4-2-5;7-5-3-1-2-4-6(5)8(9)10;7-6-4-2-1-3-5-6/h2*1-7H;2-5H,1H3;3*2-5H,1H3;2-5H,1H3;3*2-5H,1H3;3*1-4H;1-5H;1-4H;1-4H;1-5H. The van der Waals surface area contributed by atoms with Crippen molar-refractivity contribution in [3.05, 3.63) is 592 Å². The highest BCUT2D eigenvalue weighted by Crippen LogP contribution is 2.26. The first-order valence-electron chi connectivity index (χ1n) is 42.9. The monoisotopic (exact) mass is 3610 g/mol. The van der Waals surface area contributed by atoms with Crippen LogP contribution in [0.1, 0.15) is 33.4 Å². The first kappa shape index (κ1) is 134. The number of halogens is 21. The molecule has 748 valence electrons. The van der Waals surface area contributed by atoms with Crippen molar-refractivity contribution in [1.29, 1.82) is 0 Å². The molecule has 19 aromatic carbocycles. The van der Waals surface area contributed by atoms with E-state index in [4.69, 9.17) is 9.47 Å². The molecule has 19 aromatic rings. The number of nitro groups is 1. The summed E-state index contributed by atoms with van der Waals surface area (Å²) in [6.07, 6.45) is 0. The lowest BCUT2D eigenvalue weighted by atomic mass is 10.1. The van der Waals surface area contributed by atoms with Crippen LogP contribution in [0.5, 0.6) is 11.5 Å². The molecule has 144 heavy (non-hydrogen) atoms.